The second kappa shape index (κ2) is 7.79. The molecule has 2 heterocycles. The molecule has 2 aliphatic carbocycles. The molecule has 6 heteroatoms. The predicted octanol–water partition coefficient (Wildman–Crippen LogP) is 2.05. The maximum atomic E-state index is 13.2. The minimum Gasteiger partial charge on any atom is -0.342 e. The van der Waals surface area contributed by atoms with E-state index in [2.05, 4.69) is 16.3 Å². The maximum absolute atomic E-state index is 13.2. The zero-order chi connectivity index (χ0) is 18.9. The topological polar surface area (TPSA) is 76.4 Å². The summed E-state index contributed by atoms with van der Waals surface area (Å²) in [5.41, 5.74) is -0.643. The quantitative estimate of drug-likeness (QED) is 0.819. The summed E-state index contributed by atoms with van der Waals surface area (Å²) < 4.78 is 0. The maximum Gasteiger partial charge on any atom is 0.226 e. The molecular formula is C21H32N4O2. The number of rotatable bonds is 4. The number of nitrogens with one attached hydrogen (secondary N) is 1. The van der Waals surface area contributed by atoms with Crippen molar-refractivity contribution < 1.29 is 9.59 Å². The van der Waals surface area contributed by atoms with Gasteiger partial charge in [-0.2, -0.15) is 5.26 Å². The summed E-state index contributed by atoms with van der Waals surface area (Å²) in [6.45, 7) is 4.08. The second-order valence-electron chi connectivity index (χ2n) is 8.98. The average molecular weight is 373 g/mol. The fourth-order valence-electron chi connectivity index (χ4n) is 5.25. The SMILES string of the molecule is N#CC1(NC(=O)[C@@H]2CCCC[C@H]2C(=O)N2CCC(N3CCCC3)CC2)CC1. The van der Waals surface area contributed by atoms with Gasteiger partial charge >= 0.3 is 0 Å². The highest BCUT2D eigenvalue weighted by Crippen LogP contribution is 2.37. The highest BCUT2D eigenvalue weighted by Gasteiger charge is 2.47. The van der Waals surface area contributed by atoms with E-state index in [9.17, 15) is 14.9 Å². The number of likely N-dealkylation sites (tertiary alicyclic amines) is 2. The van der Waals surface area contributed by atoms with Crippen molar-refractivity contribution in [3.63, 3.8) is 0 Å². The smallest absolute Gasteiger partial charge is 0.226 e. The van der Waals surface area contributed by atoms with Crippen LogP contribution in [0, 0.1) is 23.2 Å². The van der Waals surface area contributed by atoms with Crippen LogP contribution in [-0.2, 0) is 9.59 Å². The lowest BCUT2D eigenvalue weighted by atomic mass is 9.77. The Bertz CT molecular complexity index is 610. The number of nitriles is 1. The number of hydrogen-bond donors (Lipinski definition) is 1. The molecular weight excluding hydrogens is 340 g/mol. The van der Waals surface area contributed by atoms with Crippen molar-refractivity contribution in [1.82, 2.24) is 15.1 Å². The molecule has 2 aliphatic heterocycles. The van der Waals surface area contributed by atoms with Crippen LogP contribution in [0.1, 0.15) is 64.2 Å². The largest absolute Gasteiger partial charge is 0.342 e. The number of carbonyl (C=O) groups excluding carboxylic acids is 2. The van der Waals surface area contributed by atoms with Gasteiger partial charge in [-0.1, -0.05) is 12.8 Å². The van der Waals surface area contributed by atoms with Gasteiger partial charge in [0.1, 0.15) is 5.54 Å². The van der Waals surface area contributed by atoms with Gasteiger partial charge in [-0.05, 0) is 64.5 Å². The lowest BCUT2D eigenvalue weighted by Gasteiger charge is -2.40. The van der Waals surface area contributed by atoms with Crippen LogP contribution in [-0.4, -0.2) is 59.4 Å². The molecule has 2 atom stereocenters. The summed E-state index contributed by atoms with van der Waals surface area (Å²) in [4.78, 5) is 30.6. The van der Waals surface area contributed by atoms with Gasteiger partial charge in [-0.15, -0.1) is 0 Å². The molecule has 4 rings (SSSR count). The molecule has 0 spiro atoms. The fourth-order valence-corrected chi connectivity index (χ4v) is 5.25. The highest BCUT2D eigenvalue weighted by molar-refractivity contribution is 5.88. The van der Waals surface area contributed by atoms with E-state index in [4.69, 9.17) is 0 Å². The predicted molar refractivity (Wildman–Crippen MR) is 102 cm³/mol. The van der Waals surface area contributed by atoms with E-state index in [0.717, 1.165) is 64.5 Å². The van der Waals surface area contributed by atoms with E-state index in [0.29, 0.717) is 6.04 Å². The molecule has 4 aliphatic rings. The molecule has 0 aromatic carbocycles. The van der Waals surface area contributed by atoms with Gasteiger partial charge in [0.05, 0.1) is 6.07 Å². The fraction of sp³-hybridized carbons (Fsp3) is 0.857. The van der Waals surface area contributed by atoms with Crippen molar-refractivity contribution >= 4 is 11.8 Å². The molecule has 1 N–H and O–H groups in total. The third-order valence-electron chi connectivity index (χ3n) is 7.18. The number of carbonyl (C=O) groups is 2. The molecule has 4 fully saturated rings. The molecule has 2 amide bonds. The second-order valence-corrected chi connectivity index (χ2v) is 8.98. The number of hydrogen-bond acceptors (Lipinski definition) is 4. The summed E-state index contributed by atoms with van der Waals surface area (Å²) in [5, 5.41) is 12.2. The lowest BCUT2D eigenvalue weighted by Crippen LogP contribution is -2.51. The van der Waals surface area contributed by atoms with Crippen molar-refractivity contribution in [3.05, 3.63) is 0 Å². The Balaban J connectivity index is 1.35. The summed E-state index contributed by atoms with van der Waals surface area (Å²) >= 11 is 0. The normalized spacial score (nSPS) is 31.3. The number of amides is 2. The summed E-state index contributed by atoms with van der Waals surface area (Å²) in [6.07, 6.45) is 9.82. The van der Waals surface area contributed by atoms with Crippen LogP contribution in [0.5, 0.6) is 0 Å². The van der Waals surface area contributed by atoms with Crippen molar-refractivity contribution in [2.75, 3.05) is 26.2 Å². The lowest BCUT2D eigenvalue weighted by molar-refractivity contribution is -0.145. The van der Waals surface area contributed by atoms with E-state index in [1.165, 1.54) is 25.9 Å². The molecule has 0 radical (unpaired) electrons. The van der Waals surface area contributed by atoms with Gasteiger partial charge in [0.15, 0.2) is 0 Å². The van der Waals surface area contributed by atoms with Crippen LogP contribution in [0.15, 0.2) is 0 Å². The molecule has 6 nitrogen and oxygen atoms in total. The van der Waals surface area contributed by atoms with Crippen LogP contribution in [0.2, 0.25) is 0 Å². The molecule has 0 unspecified atom stereocenters. The Kier molecular flexibility index (Phi) is 5.41. The molecule has 148 valence electrons. The van der Waals surface area contributed by atoms with Crippen LogP contribution >= 0.6 is 0 Å². The van der Waals surface area contributed by atoms with E-state index < -0.39 is 5.54 Å². The Morgan fingerprint density at radius 3 is 2.11 bits per heavy atom. The van der Waals surface area contributed by atoms with Crippen LogP contribution in [0.3, 0.4) is 0 Å². The Hall–Kier alpha value is -1.61. The minimum atomic E-state index is -0.643. The average Bonchev–Trinajstić information content (AvgIpc) is 3.27. The summed E-state index contributed by atoms with van der Waals surface area (Å²) in [7, 11) is 0. The Labute approximate surface area is 162 Å². The third-order valence-corrected chi connectivity index (χ3v) is 7.18. The number of piperidine rings is 1. The summed E-state index contributed by atoms with van der Waals surface area (Å²) in [5.74, 6) is -0.347. The van der Waals surface area contributed by atoms with Gasteiger partial charge in [-0.3, -0.25) is 9.59 Å². The van der Waals surface area contributed by atoms with Gasteiger partial charge in [-0.25, -0.2) is 0 Å². The van der Waals surface area contributed by atoms with E-state index in [1.54, 1.807) is 0 Å². The Morgan fingerprint density at radius 1 is 0.889 bits per heavy atom. The first kappa shape index (κ1) is 18.7. The van der Waals surface area contributed by atoms with Gasteiger partial charge in [0.25, 0.3) is 0 Å². The molecule has 2 saturated carbocycles. The summed E-state index contributed by atoms with van der Waals surface area (Å²) in [6, 6.07) is 2.86. The highest BCUT2D eigenvalue weighted by atomic mass is 16.2. The van der Waals surface area contributed by atoms with E-state index in [-0.39, 0.29) is 23.7 Å². The zero-order valence-corrected chi connectivity index (χ0v) is 16.3. The first-order valence-corrected chi connectivity index (χ1v) is 10.9. The standard InChI is InChI=1S/C21H32N4O2/c22-15-21(9-10-21)23-19(26)17-5-1-2-6-18(17)20(27)25-13-7-16(8-14-25)24-11-3-4-12-24/h16-18H,1-14H2,(H,23,26)/t17-,18-/m1/s1. The van der Waals surface area contributed by atoms with Crippen molar-refractivity contribution in [2.24, 2.45) is 11.8 Å². The molecule has 0 aromatic heterocycles. The first-order chi connectivity index (χ1) is 13.1. The van der Waals surface area contributed by atoms with Crippen LogP contribution < -0.4 is 5.32 Å². The number of nitrogens with zero attached hydrogens (tertiary/aromatic N) is 3. The van der Waals surface area contributed by atoms with Crippen LogP contribution in [0.25, 0.3) is 0 Å². The zero-order valence-electron chi connectivity index (χ0n) is 16.3. The van der Waals surface area contributed by atoms with Crippen LogP contribution in [0.4, 0.5) is 0 Å². The van der Waals surface area contributed by atoms with Gasteiger partial charge in [0, 0.05) is 31.0 Å². The molecule has 0 aromatic rings. The van der Waals surface area contributed by atoms with Crippen molar-refractivity contribution in [2.45, 2.75) is 75.8 Å². The molecule has 27 heavy (non-hydrogen) atoms. The Morgan fingerprint density at radius 2 is 1.52 bits per heavy atom. The monoisotopic (exact) mass is 372 g/mol. The van der Waals surface area contributed by atoms with Gasteiger partial charge in [0.2, 0.25) is 11.8 Å². The molecule has 2 saturated heterocycles. The molecule has 0 bridgehead atoms. The third kappa shape index (κ3) is 3.99. The van der Waals surface area contributed by atoms with E-state index in [1.807, 2.05) is 4.90 Å². The van der Waals surface area contributed by atoms with Crippen molar-refractivity contribution in [3.8, 4) is 6.07 Å². The first-order valence-electron chi connectivity index (χ1n) is 10.9. The van der Waals surface area contributed by atoms with Crippen molar-refractivity contribution in [1.29, 1.82) is 5.26 Å². The van der Waals surface area contributed by atoms with E-state index >= 15 is 0 Å². The van der Waals surface area contributed by atoms with Gasteiger partial charge < -0.3 is 15.1 Å². The minimum absolute atomic E-state index is 0.0703.